The van der Waals surface area contributed by atoms with Crippen molar-refractivity contribution in [3.63, 3.8) is 0 Å². The van der Waals surface area contributed by atoms with Gasteiger partial charge in [-0.2, -0.15) is 5.26 Å². The molecule has 0 radical (unpaired) electrons. The molecule has 2 aliphatic heterocycles. The molecule has 2 aliphatic rings. The van der Waals surface area contributed by atoms with E-state index in [1.54, 1.807) is 19.2 Å². The van der Waals surface area contributed by atoms with Gasteiger partial charge in [-0.25, -0.2) is 13.1 Å². The van der Waals surface area contributed by atoms with Crippen LogP contribution in [-0.2, 0) is 21.8 Å². The van der Waals surface area contributed by atoms with Crippen LogP contribution < -0.4 is 9.62 Å². The van der Waals surface area contributed by atoms with E-state index in [9.17, 15) is 29.0 Å². The van der Waals surface area contributed by atoms with Crippen molar-refractivity contribution in [1.29, 1.82) is 5.26 Å². The van der Waals surface area contributed by atoms with E-state index in [0.717, 1.165) is 35.1 Å². The van der Waals surface area contributed by atoms with E-state index >= 15 is 0 Å². The summed E-state index contributed by atoms with van der Waals surface area (Å²) in [5, 5.41) is 41.4. The number of fused-ring (bicyclic) bond motifs is 1. The molecule has 11 heteroatoms. The number of allylic oxidation sites excluding steroid dienone is 1. The fourth-order valence-corrected chi connectivity index (χ4v) is 6.26. The fraction of sp³-hybridized carbons (Fsp3) is 0.414. The van der Waals surface area contributed by atoms with Crippen LogP contribution in [0.1, 0.15) is 25.0 Å². The van der Waals surface area contributed by atoms with Crippen LogP contribution in [0.5, 0.6) is 0 Å². The molecule has 0 amide bonds. The first-order valence-electron chi connectivity index (χ1n) is 13.4. The normalized spacial score (nSPS) is 24.3. The van der Waals surface area contributed by atoms with Gasteiger partial charge < -0.3 is 29.5 Å². The maximum atomic E-state index is 12.9. The van der Waals surface area contributed by atoms with E-state index in [4.69, 9.17) is 4.74 Å². The van der Waals surface area contributed by atoms with Gasteiger partial charge >= 0.3 is 0 Å². The highest BCUT2D eigenvalue weighted by molar-refractivity contribution is 7.93. The van der Waals surface area contributed by atoms with Crippen LogP contribution >= 0.6 is 0 Å². The number of rotatable bonds is 7. The number of aliphatic hydroxyl groups excluding tert-OH is 3. The lowest BCUT2D eigenvalue weighted by molar-refractivity contribution is -0.184. The molecular weight excluding hydrogens is 532 g/mol. The van der Waals surface area contributed by atoms with E-state index < -0.39 is 39.3 Å². The standard InChI is InChI=1S/C29H34N4O6S/c1-32-22(15-24(16-30)40(37,38)31-17-27-29(36)28(35)26(34)18-39-27)9-10-25(32)21-6-5-20-14-23(8-7-19(20)13-21)33-11-3-2-4-12-33/h5-10,13-15,26-29,31,34-36H,2-4,11-12,17-18H2,1H3/b24-15+/t26-,27?,28+,29+/m0/s1. The Hall–Kier alpha value is -3.24. The second kappa shape index (κ2) is 11.7. The predicted octanol–water partition coefficient (Wildman–Crippen LogP) is 2.10. The first-order valence-corrected chi connectivity index (χ1v) is 14.9. The molecule has 1 unspecified atom stereocenters. The maximum Gasteiger partial charge on any atom is 0.250 e. The Morgan fingerprint density at radius 3 is 2.52 bits per heavy atom. The van der Waals surface area contributed by atoms with Gasteiger partial charge in [0.25, 0.3) is 10.0 Å². The van der Waals surface area contributed by atoms with E-state index in [1.807, 2.05) is 16.7 Å². The number of hydrogen-bond donors (Lipinski definition) is 4. The maximum absolute atomic E-state index is 12.9. The molecule has 0 aliphatic carbocycles. The Labute approximate surface area is 233 Å². The molecule has 0 bridgehead atoms. The van der Waals surface area contributed by atoms with Crippen molar-refractivity contribution in [2.45, 2.75) is 43.7 Å². The molecular formula is C29H34N4O6S. The summed E-state index contributed by atoms with van der Waals surface area (Å²) < 4.78 is 35.1. The number of nitrogens with zero attached hydrogens (tertiary/aromatic N) is 3. The molecule has 4 N–H and O–H groups in total. The molecule has 4 atom stereocenters. The van der Waals surface area contributed by atoms with Crippen LogP contribution in [-0.4, -0.2) is 79.0 Å². The number of ether oxygens (including phenoxy) is 1. The first-order chi connectivity index (χ1) is 19.2. The summed E-state index contributed by atoms with van der Waals surface area (Å²) >= 11 is 0. The average Bonchev–Trinajstić information content (AvgIpc) is 3.33. The van der Waals surface area contributed by atoms with Crippen molar-refractivity contribution >= 4 is 32.6 Å². The summed E-state index contributed by atoms with van der Waals surface area (Å²) in [6, 6.07) is 18.1. The van der Waals surface area contributed by atoms with Crippen LogP contribution in [0.25, 0.3) is 28.1 Å². The van der Waals surface area contributed by atoms with Crippen LogP contribution in [0.2, 0.25) is 0 Å². The zero-order valence-electron chi connectivity index (χ0n) is 22.3. The monoisotopic (exact) mass is 566 g/mol. The number of anilines is 1. The smallest absolute Gasteiger partial charge is 0.250 e. The molecule has 5 rings (SSSR count). The quantitative estimate of drug-likeness (QED) is 0.318. The van der Waals surface area contributed by atoms with E-state index in [-0.39, 0.29) is 13.2 Å². The molecule has 3 heterocycles. The summed E-state index contributed by atoms with van der Waals surface area (Å²) in [5.74, 6) is 0. The van der Waals surface area contributed by atoms with E-state index in [0.29, 0.717) is 5.69 Å². The van der Waals surface area contributed by atoms with Gasteiger partial charge in [0.05, 0.1) is 12.7 Å². The van der Waals surface area contributed by atoms with Crippen molar-refractivity contribution in [3.05, 3.63) is 59.1 Å². The largest absolute Gasteiger partial charge is 0.388 e. The average molecular weight is 567 g/mol. The van der Waals surface area contributed by atoms with E-state index in [1.165, 1.54) is 31.0 Å². The van der Waals surface area contributed by atoms with Gasteiger partial charge in [0, 0.05) is 43.8 Å². The molecule has 2 fully saturated rings. The molecule has 2 aromatic carbocycles. The van der Waals surface area contributed by atoms with Gasteiger partial charge in [-0.05, 0) is 72.0 Å². The number of piperidine rings is 1. The molecule has 10 nitrogen and oxygen atoms in total. The Morgan fingerprint density at radius 1 is 1.05 bits per heavy atom. The van der Waals surface area contributed by atoms with Crippen molar-refractivity contribution in [2.24, 2.45) is 7.05 Å². The Bertz CT molecular complexity index is 1550. The van der Waals surface area contributed by atoms with Crippen LogP contribution in [0.3, 0.4) is 0 Å². The topological polar surface area (TPSA) is 148 Å². The number of nitrogens with one attached hydrogen (secondary N) is 1. The third-order valence-corrected chi connectivity index (χ3v) is 9.10. The zero-order chi connectivity index (χ0) is 28.4. The highest BCUT2D eigenvalue weighted by Crippen LogP contribution is 2.30. The first kappa shape index (κ1) is 28.3. The zero-order valence-corrected chi connectivity index (χ0v) is 23.1. The molecule has 40 heavy (non-hydrogen) atoms. The lowest BCUT2D eigenvalue weighted by Crippen LogP contribution is -2.56. The van der Waals surface area contributed by atoms with Gasteiger partial charge in [0.2, 0.25) is 0 Å². The van der Waals surface area contributed by atoms with Gasteiger partial charge in [0.15, 0.2) is 4.91 Å². The number of hydrogen-bond acceptors (Lipinski definition) is 8. The van der Waals surface area contributed by atoms with Crippen molar-refractivity contribution < 1.29 is 28.5 Å². The second-order valence-electron chi connectivity index (χ2n) is 10.4. The summed E-state index contributed by atoms with van der Waals surface area (Å²) in [7, 11) is -2.44. The van der Waals surface area contributed by atoms with E-state index in [2.05, 4.69) is 40.0 Å². The highest BCUT2D eigenvalue weighted by atomic mass is 32.2. The summed E-state index contributed by atoms with van der Waals surface area (Å²) in [6.07, 6.45) is -0.247. The number of sulfonamides is 1. The van der Waals surface area contributed by atoms with Crippen LogP contribution in [0.15, 0.2) is 53.4 Å². The molecule has 212 valence electrons. The number of aliphatic hydroxyl groups is 3. The number of aromatic nitrogens is 1. The van der Waals surface area contributed by atoms with Crippen molar-refractivity contribution in [1.82, 2.24) is 9.29 Å². The van der Waals surface area contributed by atoms with Gasteiger partial charge in [-0.3, -0.25) is 0 Å². The molecule has 0 saturated carbocycles. The molecule has 2 saturated heterocycles. The summed E-state index contributed by atoms with van der Waals surface area (Å²) in [6.45, 7) is 1.55. The Balaban J connectivity index is 1.33. The Kier molecular flexibility index (Phi) is 8.28. The third-order valence-electron chi connectivity index (χ3n) is 7.76. The fourth-order valence-electron chi connectivity index (χ4n) is 5.32. The molecule has 3 aromatic rings. The third kappa shape index (κ3) is 5.78. The van der Waals surface area contributed by atoms with Gasteiger partial charge in [-0.15, -0.1) is 0 Å². The lowest BCUT2D eigenvalue weighted by Gasteiger charge is -2.35. The predicted molar refractivity (Wildman–Crippen MR) is 153 cm³/mol. The lowest BCUT2D eigenvalue weighted by atomic mass is 10.0. The SMILES string of the molecule is Cn1c(/C=C(\C#N)S(=O)(=O)NCC2OC[C@H](O)[C@@H](O)[C@@H]2O)ccc1-c1ccc2cc(N3CCCCC3)ccc2c1. The minimum atomic E-state index is -4.24. The Morgan fingerprint density at radius 2 is 1.77 bits per heavy atom. The van der Waals surface area contributed by atoms with Crippen LogP contribution in [0.4, 0.5) is 5.69 Å². The second-order valence-corrected chi connectivity index (χ2v) is 12.1. The minimum absolute atomic E-state index is 0.244. The van der Waals surface area contributed by atoms with Crippen molar-refractivity contribution in [3.8, 4) is 17.3 Å². The number of benzene rings is 2. The van der Waals surface area contributed by atoms with Gasteiger partial charge in [0.1, 0.15) is 24.4 Å². The number of nitriles is 1. The summed E-state index contributed by atoms with van der Waals surface area (Å²) in [4.78, 5) is 1.93. The van der Waals surface area contributed by atoms with Crippen molar-refractivity contribution in [2.75, 3.05) is 31.1 Å². The minimum Gasteiger partial charge on any atom is -0.388 e. The highest BCUT2D eigenvalue weighted by Gasteiger charge is 2.38. The summed E-state index contributed by atoms with van der Waals surface area (Å²) in [5.41, 5.74) is 3.58. The molecule has 1 aromatic heterocycles. The molecule has 0 spiro atoms. The van der Waals surface area contributed by atoms with Gasteiger partial charge in [-0.1, -0.05) is 18.2 Å². The van der Waals surface area contributed by atoms with Crippen LogP contribution in [0, 0.1) is 11.3 Å².